The van der Waals surface area contributed by atoms with Crippen LogP contribution in [0.2, 0.25) is 0 Å². The fourth-order valence-electron chi connectivity index (χ4n) is 1.83. The Bertz CT molecular complexity index is 575. The zero-order valence-electron chi connectivity index (χ0n) is 10.3. The zero-order chi connectivity index (χ0) is 13.1. The summed E-state index contributed by atoms with van der Waals surface area (Å²) in [5.41, 5.74) is 2.54. The van der Waals surface area contributed by atoms with Crippen molar-refractivity contribution in [2.24, 2.45) is 7.05 Å². The summed E-state index contributed by atoms with van der Waals surface area (Å²) in [6, 6.07) is 5.49. The zero-order valence-corrected chi connectivity index (χ0v) is 10.3. The largest absolute Gasteiger partial charge is 0.496 e. The van der Waals surface area contributed by atoms with Crippen molar-refractivity contribution in [1.29, 1.82) is 0 Å². The number of aromatic nitrogens is 2. The fourth-order valence-corrected chi connectivity index (χ4v) is 1.83. The smallest absolute Gasteiger partial charge is 0.307 e. The number of aryl methyl sites for hydroxylation is 1. The number of carbonyl (C=O) groups is 1. The summed E-state index contributed by atoms with van der Waals surface area (Å²) < 4.78 is 6.86. The Morgan fingerprint density at radius 2 is 2.22 bits per heavy atom. The number of rotatable bonds is 4. The monoisotopic (exact) mass is 246 g/mol. The summed E-state index contributed by atoms with van der Waals surface area (Å²) in [5.74, 6) is -0.290. The number of methoxy groups -OCH3 is 1. The molecule has 0 unspecified atom stereocenters. The quantitative estimate of drug-likeness (QED) is 0.892. The number of benzene rings is 1. The molecule has 1 aromatic heterocycles. The number of ether oxygens (including phenoxy) is 1. The van der Waals surface area contributed by atoms with Crippen LogP contribution in [0.3, 0.4) is 0 Å². The molecule has 1 heterocycles. The maximum Gasteiger partial charge on any atom is 0.307 e. The number of nitrogens with zero attached hydrogens (tertiary/aromatic N) is 2. The molecular weight excluding hydrogens is 232 g/mol. The van der Waals surface area contributed by atoms with Gasteiger partial charge in [-0.2, -0.15) is 5.10 Å². The molecular formula is C13H14N2O3. The normalized spacial score (nSPS) is 10.3. The maximum absolute atomic E-state index is 10.8. The molecule has 0 fully saturated rings. The van der Waals surface area contributed by atoms with Gasteiger partial charge in [0.1, 0.15) is 5.75 Å². The second-order valence-corrected chi connectivity index (χ2v) is 4.00. The van der Waals surface area contributed by atoms with E-state index >= 15 is 0 Å². The molecule has 0 bridgehead atoms. The number of hydrogen-bond acceptors (Lipinski definition) is 3. The second kappa shape index (κ2) is 4.91. The lowest BCUT2D eigenvalue weighted by atomic mass is 10.0. The van der Waals surface area contributed by atoms with Crippen LogP contribution in [0.4, 0.5) is 0 Å². The van der Waals surface area contributed by atoms with E-state index in [1.165, 1.54) is 7.11 Å². The van der Waals surface area contributed by atoms with Crippen molar-refractivity contribution in [3.63, 3.8) is 0 Å². The first-order valence-corrected chi connectivity index (χ1v) is 5.48. The Hall–Kier alpha value is -2.30. The first kappa shape index (κ1) is 12.2. The molecule has 94 valence electrons. The van der Waals surface area contributed by atoms with Gasteiger partial charge in [0.15, 0.2) is 0 Å². The van der Waals surface area contributed by atoms with E-state index in [0.717, 1.165) is 11.1 Å². The predicted octanol–water partition coefficient (Wildman–Crippen LogP) is 1.72. The molecule has 5 heteroatoms. The van der Waals surface area contributed by atoms with E-state index in [1.807, 2.05) is 25.4 Å². The van der Waals surface area contributed by atoms with Gasteiger partial charge in [-0.05, 0) is 17.7 Å². The van der Waals surface area contributed by atoms with Crippen LogP contribution in [0, 0.1) is 0 Å². The predicted molar refractivity (Wildman–Crippen MR) is 66.5 cm³/mol. The van der Waals surface area contributed by atoms with Crippen LogP contribution in [-0.4, -0.2) is 28.0 Å². The summed E-state index contributed by atoms with van der Waals surface area (Å²) in [7, 11) is 3.37. The van der Waals surface area contributed by atoms with E-state index in [4.69, 9.17) is 9.84 Å². The Labute approximate surface area is 105 Å². The van der Waals surface area contributed by atoms with Gasteiger partial charge < -0.3 is 9.84 Å². The molecule has 5 nitrogen and oxygen atoms in total. The molecule has 0 amide bonds. The van der Waals surface area contributed by atoms with Crippen LogP contribution in [0.25, 0.3) is 11.1 Å². The van der Waals surface area contributed by atoms with Crippen LogP contribution in [0.5, 0.6) is 5.75 Å². The van der Waals surface area contributed by atoms with Crippen molar-refractivity contribution in [2.75, 3.05) is 7.11 Å². The van der Waals surface area contributed by atoms with Crippen molar-refractivity contribution in [2.45, 2.75) is 6.42 Å². The summed E-state index contributed by atoms with van der Waals surface area (Å²) in [6.07, 6.45) is 3.57. The molecule has 0 atom stereocenters. The number of aliphatic carboxylic acids is 1. The third-order valence-corrected chi connectivity index (χ3v) is 2.66. The summed E-state index contributed by atoms with van der Waals surface area (Å²) >= 11 is 0. The third kappa shape index (κ3) is 2.51. The van der Waals surface area contributed by atoms with Gasteiger partial charge in [-0.25, -0.2) is 0 Å². The van der Waals surface area contributed by atoms with Gasteiger partial charge in [0.2, 0.25) is 0 Å². The van der Waals surface area contributed by atoms with Crippen molar-refractivity contribution in [3.05, 3.63) is 36.2 Å². The first-order chi connectivity index (χ1) is 8.60. The maximum atomic E-state index is 10.8. The van der Waals surface area contributed by atoms with E-state index in [1.54, 1.807) is 16.9 Å². The van der Waals surface area contributed by atoms with Crippen LogP contribution in [0.15, 0.2) is 30.6 Å². The highest BCUT2D eigenvalue weighted by molar-refractivity contribution is 5.73. The Morgan fingerprint density at radius 3 is 2.78 bits per heavy atom. The van der Waals surface area contributed by atoms with Crippen molar-refractivity contribution >= 4 is 5.97 Å². The highest BCUT2D eigenvalue weighted by Crippen LogP contribution is 2.26. The average molecular weight is 246 g/mol. The van der Waals surface area contributed by atoms with Gasteiger partial charge in [0.05, 0.1) is 19.7 Å². The molecule has 0 aliphatic carbocycles. The molecule has 0 saturated carbocycles. The Morgan fingerprint density at radius 1 is 1.44 bits per heavy atom. The van der Waals surface area contributed by atoms with Crippen molar-refractivity contribution in [1.82, 2.24) is 9.78 Å². The number of carboxylic acids is 1. The molecule has 1 aromatic carbocycles. The summed E-state index contributed by atoms with van der Waals surface area (Å²) in [6.45, 7) is 0. The first-order valence-electron chi connectivity index (χ1n) is 5.48. The lowest BCUT2D eigenvalue weighted by Crippen LogP contribution is -2.02. The van der Waals surface area contributed by atoms with E-state index in [9.17, 15) is 4.79 Å². The van der Waals surface area contributed by atoms with Gasteiger partial charge in [0.25, 0.3) is 0 Å². The highest BCUT2D eigenvalue weighted by Gasteiger charge is 2.10. The molecule has 0 aliphatic heterocycles. The molecule has 2 rings (SSSR count). The molecule has 18 heavy (non-hydrogen) atoms. The van der Waals surface area contributed by atoms with Crippen LogP contribution >= 0.6 is 0 Å². The van der Waals surface area contributed by atoms with Gasteiger partial charge in [0, 0.05) is 24.4 Å². The van der Waals surface area contributed by atoms with E-state index in [2.05, 4.69) is 5.10 Å². The fraction of sp³-hybridized carbons (Fsp3) is 0.231. The van der Waals surface area contributed by atoms with E-state index < -0.39 is 5.97 Å². The minimum absolute atomic E-state index is 0.0583. The van der Waals surface area contributed by atoms with Gasteiger partial charge in [-0.3, -0.25) is 9.48 Å². The average Bonchev–Trinajstić information content (AvgIpc) is 2.75. The molecule has 2 aromatic rings. The standard InChI is InChI=1S/C13H14N2O3/c1-15-8-11(7-14-15)9-3-4-12(18-2)10(5-9)6-13(16)17/h3-5,7-8H,6H2,1-2H3,(H,16,17). The molecule has 0 aliphatic rings. The van der Waals surface area contributed by atoms with Crippen LogP contribution in [-0.2, 0) is 18.3 Å². The minimum atomic E-state index is -0.878. The van der Waals surface area contributed by atoms with Crippen molar-refractivity contribution in [3.8, 4) is 16.9 Å². The number of carboxylic acid groups (broad SMARTS) is 1. The van der Waals surface area contributed by atoms with Crippen LogP contribution in [0.1, 0.15) is 5.56 Å². The number of hydrogen-bond donors (Lipinski definition) is 1. The van der Waals surface area contributed by atoms with E-state index in [0.29, 0.717) is 11.3 Å². The van der Waals surface area contributed by atoms with Crippen LogP contribution < -0.4 is 4.74 Å². The lowest BCUT2D eigenvalue weighted by molar-refractivity contribution is -0.136. The highest BCUT2D eigenvalue weighted by atomic mass is 16.5. The molecule has 0 spiro atoms. The summed E-state index contributed by atoms with van der Waals surface area (Å²) in [4.78, 5) is 10.8. The Kier molecular flexibility index (Phi) is 3.32. The van der Waals surface area contributed by atoms with E-state index in [-0.39, 0.29) is 6.42 Å². The minimum Gasteiger partial charge on any atom is -0.496 e. The van der Waals surface area contributed by atoms with Gasteiger partial charge in [-0.15, -0.1) is 0 Å². The topological polar surface area (TPSA) is 64.4 Å². The molecule has 0 radical (unpaired) electrons. The third-order valence-electron chi connectivity index (χ3n) is 2.66. The van der Waals surface area contributed by atoms with Gasteiger partial charge in [-0.1, -0.05) is 6.07 Å². The molecule has 1 N–H and O–H groups in total. The Balaban J connectivity index is 2.41. The molecule has 0 saturated heterocycles. The lowest BCUT2D eigenvalue weighted by Gasteiger charge is -2.08. The second-order valence-electron chi connectivity index (χ2n) is 4.00. The van der Waals surface area contributed by atoms with Gasteiger partial charge >= 0.3 is 5.97 Å². The summed E-state index contributed by atoms with van der Waals surface area (Å²) in [5, 5.41) is 13.0. The SMILES string of the molecule is COc1ccc(-c2cnn(C)c2)cc1CC(=O)O. The van der Waals surface area contributed by atoms with Crippen molar-refractivity contribution < 1.29 is 14.6 Å².